The molecule has 1 aromatic heterocycles. The average molecular weight is 605 g/mol. The zero-order valence-corrected chi connectivity index (χ0v) is 27.9. The summed E-state index contributed by atoms with van der Waals surface area (Å²) in [6, 6.07) is 19.9. The number of rotatable bonds is 12. The van der Waals surface area contributed by atoms with Crippen molar-refractivity contribution in [3.05, 3.63) is 82.3 Å². The first-order valence-electron chi connectivity index (χ1n) is 16.8. The fourth-order valence-electron chi connectivity index (χ4n) is 7.65. The van der Waals surface area contributed by atoms with Crippen molar-refractivity contribution in [1.29, 1.82) is 0 Å². The Morgan fingerprint density at radius 2 is 1.56 bits per heavy atom. The Hall–Kier alpha value is -2.34. The van der Waals surface area contributed by atoms with Gasteiger partial charge < -0.3 is 14.2 Å². The Kier molecular flexibility index (Phi) is 11.3. The van der Waals surface area contributed by atoms with Crippen LogP contribution in [0.3, 0.4) is 0 Å². The molecule has 43 heavy (non-hydrogen) atoms. The molecule has 0 amide bonds. The van der Waals surface area contributed by atoms with Crippen LogP contribution in [-0.4, -0.2) is 55.1 Å². The number of anilines is 1. The third-order valence-corrected chi connectivity index (χ3v) is 10.4. The standard InChI is InChI=1S/C37H53ClN4O/c1-6-41(7-2)34(26-29-13-15-30(16-14-29)35(40(4)5)31-17-19-32(38)20-18-31)36-39-33(25-28-11-9-8-10-12-28)37(43-36)42-23-21-27(3)22-24-42/h8-12,17-20,27,29-30,34-35H,6-7,13-16,21-26H2,1-5H3. The maximum absolute atomic E-state index is 6.86. The molecule has 2 unspecified atom stereocenters. The Balaban J connectivity index is 1.34. The van der Waals surface area contributed by atoms with Crippen LogP contribution < -0.4 is 4.90 Å². The molecule has 1 saturated carbocycles. The van der Waals surface area contributed by atoms with Crippen molar-refractivity contribution < 1.29 is 4.42 Å². The number of halogens is 1. The van der Waals surface area contributed by atoms with Gasteiger partial charge in [-0.2, -0.15) is 0 Å². The number of piperidine rings is 1. The van der Waals surface area contributed by atoms with E-state index in [2.05, 4.69) is 92.0 Å². The van der Waals surface area contributed by atoms with E-state index in [0.29, 0.717) is 17.9 Å². The highest BCUT2D eigenvalue weighted by Gasteiger charge is 2.34. The van der Waals surface area contributed by atoms with Crippen molar-refractivity contribution >= 4 is 17.5 Å². The average Bonchev–Trinajstić information content (AvgIpc) is 3.43. The largest absolute Gasteiger partial charge is 0.423 e. The summed E-state index contributed by atoms with van der Waals surface area (Å²) in [6.07, 6.45) is 9.39. The zero-order chi connectivity index (χ0) is 30.3. The molecule has 0 N–H and O–H groups in total. The summed E-state index contributed by atoms with van der Waals surface area (Å²) < 4.78 is 6.86. The Labute approximate surface area is 265 Å². The second-order valence-electron chi connectivity index (χ2n) is 13.3. The van der Waals surface area contributed by atoms with Crippen LogP contribution in [-0.2, 0) is 6.42 Å². The molecular weight excluding hydrogens is 552 g/mol. The minimum atomic E-state index is 0.212. The normalized spacial score (nSPS) is 21.4. The van der Waals surface area contributed by atoms with Gasteiger partial charge in [-0.15, -0.1) is 0 Å². The SMILES string of the molecule is CCN(CC)C(CC1CCC(C(c2ccc(Cl)cc2)N(C)C)CC1)c1nc(Cc2ccccc2)c(N2CCC(C)CC2)o1. The van der Waals surface area contributed by atoms with Crippen LogP contribution in [0.4, 0.5) is 5.88 Å². The van der Waals surface area contributed by atoms with Gasteiger partial charge in [0.1, 0.15) is 5.69 Å². The first-order chi connectivity index (χ1) is 20.9. The number of oxazole rings is 1. The summed E-state index contributed by atoms with van der Waals surface area (Å²) in [5.74, 6) is 4.06. The highest BCUT2D eigenvalue weighted by atomic mass is 35.5. The van der Waals surface area contributed by atoms with Crippen molar-refractivity contribution in [1.82, 2.24) is 14.8 Å². The molecule has 5 nitrogen and oxygen atoms in total. The number of hydrogen-bond acceptors (Lipinski definition) is 5. The minimum absolute atomic E-state index is 0.212. The fraction of sp³-hybridized carbons (Fsp3) is 0.595. The summed E-state index contributed by atoms with van der Waals surface area (Å²) in [4.78, 5) is 12.8. The van der Waals surface area contributed by atoms with Crippen LogP contribution in [0, 0.1) is 17.8 Å². The first-order valence-corrected chi connectivity index (χ1v) is 17.2. The molecule has 1 aliphatic carbocycles. The second kappa shape index (κ2) is 15.1. The lowest BCUT2D eigenvalue weighted by Crippen LogP contribution is -2.33. The third-order valence-electron chi connectivity index (χ3n) is 10.2. The van der Waals surface area contributed by atoms with Crippen LogP contribution >= 0.6 is 11.6 Å². The Morgan fingerprint density at radius 1 is 0.907 bits per heavy atom. The van der Waals surface area contributed by atoms with E-state index in [0.717, 1.165) is 67.4 Å². The lowest BCUT2D eigenvalue weighted by Gasteiger charge is -2.39. The second-order valence-corrected chi connectivity index (χ2v) is 13.8. The number of benzene rings is 2. The monoisotopic (exact) mass is 604 g/mol. The number of hydrogen-bond donors (Lipinski definition) is 0. The number of nitrogens with zero attached hydrogens (tertiary/aromatic N) is 4. The van der Waals surface area contributed by atoms with E-state index < -0.39 is 0 Å². The van der Waals surface area contributed by atoms with Gasteiger partial charge >= 0.3 is 0 Å². The van der Waals surface area contributed by atoms with Gasteiger partial charge in [0.05, 0.1) is 6.04 Å². The van der Waals surface area contributed by atoms with Gasteiger partial charge in [0, 0.05) is 30.6 Å². The van der Waals surface area contributed by atoms with E-state index >= 15 is 0 Å². The molecule has 234 valence electrons. The van der Waals surface area contributed by atoms with Crippen molar-refractivity contribution in [2.45, 2.75) is 84.2 Å². The summed E-state index contributed by atoms with van der Waals surface area (Å²) in [5, 5.41) is 0.809. The van der Waals surface area contributed by atoms with Crippen molar-refractivity contribution in [3.63, 3.8) is 0 Å². The predicted octanol–water partition coefficient (Wildman–Crippen LogP) is 9.04. The smallest absolute Gasteiger partial charge is 0.219 e. The highest BCUT2D eigenvalue weighted by molar-refractivity contribution is 6.30. The quantitative estimate of drug-likeness (QED) is 0.206. The van der Waals surface area contributed by atoms with Gasteiger partial charge in [-0.3, -0.25) is 4.90 Å². The maximum atomic E-state index is 6.86. The van der Waals surface area contributed by atoms with E-state index in [1.54, 1.807) is 0 Å². The van der Waals surface area contributed by atoms with Gasteiger partial charge in [-0.1, -0.05) is 87.7 Å². The molecule has 0 spiro atoms. The van der Waals surface area contributed by atoms with Crippen LogP contribution in [0.1, 0.15) is 101 Å². The van der Waals surface area contributed by atoms with Gasteiger partial charge in [0.2, 0.25) is 11.8 Å². The van der Waals surface area contributed by atoms with Gasteiger partial charge in [0.15, 0.2) is 0 Å². The van der Waals surface area contributed by atoms with E-state index in [-0.39, 0.29) is 6.04 Å². The Morgan fingerprint density at radius 3 is 2.16 bits per heavy atom. The minimum Gasteiger partial charge on any atom is -0.423 e. The summed E-state index contributed by atoms with van der Waals surface area (Å²) in [6.45, 7) is 11.0. The topological polar surface area (TPSA) is 35.8 Å². The lowest BCUT2D eigenvalue weighted by atomic mass is 9.74. The summed E-state index contributed by atoms with van der Waals surface area (Å²) >= 11 is 6.22. The molecular formula is C37H53ClN4O. The molecule has 0 radical (unpaired) electrons. The van der Waals surface area contributed by atoms with E-state index in [4.69, 9.17) is 21.0 Å². The number of aromatic nitrogens is 1. The molecule has 0 bridgehead atoms. The van der Waals surface area contributed by atoms with E-state index in [9.17, 15) is 0 Å². The Bertz CT molecular complexity index is 1240. The molecule has 1 aliphatic heterocycles. The summed E-state index contributed by atoms with van der Waals surface area (Å²) in [7, 11) is 4.44. The molecule has 1 saturated heterocycles. The molecule has 2 atom stereocenters. The molecule has 6 heteroatoms. The van der Waals surface area contributed by atoms with E-state index in [1.165, 1.54) is 49.7 Å². The van der Waals surface area contributed by atoms with Crippen molar-refractivity contribution in [2.75, 3.05) is 45.2 Å². The van der Waals surface area contributed by atoms with Crippen molar-refractivity contribution in [3.8, 4) is 0 Å². The summed E-state index contributed by atoms with van der Waals surface area (Å²) in [5.41, 5.74) is 3.78. The van der Waals surface area contributed by atoms with Gasteiger partial charge in [-0.05, 0) is 100 Å². The molecule has 5 rings (SSSR count). The van der Waals surface area contributed by atoms with Crippen LogP contribution in [0.2, 0.25) is 5.02 Å². The van der Waals surface area contributed by atoms with Crippen molar-refractivity contribution in [2.24, 2.45) is 17.8 Å². The third kappa shape index (κ3) is 8.04. The highest BCUT2D eigenvalue weighted by Crippen LogP contribution is 2.43. The van der Waals surface area contributed by atoms with Gasteiger partial charge in [-0.25, -0.2) is 4.98 Å². The predicted molar refractivity (Wildman–Crippen MR) is 180 cm³/mol. The molecule has 2 fully saturated rings. The van der Waals surface area contributed by atoms with Crippen LogP contribution in [0.25, 0.3) is 0 Å². The first kappa shape index (κ1) is 32.1. The fourth-order valence-corrected chi connectivity index (χ4v) is 7.77. The maximum Gasteiger partial charge on any atom is 0.219 e. The van der Waals surface area contributed by atoms with E-state index in [1.807, 2.05) is 12.1 Å². The van der Waals surface area contributed by atoms with Gasteiger partial charge in [0.25, 0.3) is 0 Å². The molecule has 2 aromatic carbocycles. The van der Waals surface area contributed by atoms with Crippen LogP contribution in [0.5, 0.6) is 0 Å². The molecule has 3 aromatic rings. The molecule has 2 aliphatic rings. The van der Waals surface area contributed by atoms with Crippen LogP contribution in [0.15, 0.2) is 59.0 Å². The molecule has 2 heterocycles. The zero-order valence-electron chi connectivity index (χ0n) is 27.1. The lowest BCUT2D eigenvalue weighted by molar-refractivity contribution is 0.112.